The van der Waals surface area contributed by atoms with Gasteiger partial charge in [-0.25, -0.2) is 0 Å². The van der Waals surface area contributed by atoms with E-state index >= 15 is 0 Å². The van der Waals surface area contributed by atoms with Gasteiger partial charge in [-0.2, -0.15) is 0 Å². The molecule has 4 heteroatoms. The van der Waals surface area contributed by atoms with Crippen molar-refractivity contribution in [1.29, 1.82) is 0 Å². The highest BCUT2D eigenvalue weighted by Crippen LogP contribution is 2.43. The fraction of sp³-hybridized carbons (Fsp3) is 0.588. The molecule has 0 spiro atoms. The third-order valence-electron chi connectivity index (χ3n) is 4.73. The van der Waals surface area contributed by atoms with Gasteiger partial charge in [0.2, 0.25) is 5.91 Å². The minimum atomic E-state index is -0.667. The molecule has 0 aromatic heterocycles. The van der Waals surface area contributed by atoms with E-state index < -0.39 is 5.54 Å². The van der Waals surface area contributed by atoms with E-state index in [1.165, 1.54) is 0 Å². The lowest BCUT2D eigenvalue weighted by Gasteiger charge is -2.47. The minimum Gasteiger partial charge on any atom is -0.371 e. The zero-order valence-electron chi connectivity index (χ0n) is 13.0. The van der Waals surface area contributed by atoms with Gasteiger partial charge in [-0.15, -0.1) is 0 Å². The lowest BCUT2D eigenvalue weighted by Crippen LogP contribution is -2.60. The summed E-state index contributed by atoms with van der Waals surface area (Å²) in [6.45, 7) is 6.53. The van der Waals surface area contributed by atoms with E-state index in [0.29, 0.717) is 16.9 Å². The predicted octanol–water partition coefficient (Wildman–Crippen LogP) is 4.07. The number of amides is 1. The molecule has 0 heterocycles. The topological polar surface area (TPSA) is 55.1 Å². The van der Waals surface area contributed by atoms with Gasteiger partial charge in [-0.1, -0.05) is 38.8 Å². The highest BCUT2D eigenvalue weighted by atomic mass is 35.5. The van der Waals surface area contributed by atoms with Crippen LogP contribution in [0.15, 0.2) is 24.3 Å². The van der Waals surface area contributed by atoms with Crippen molar-refractivity contribution in [2.75, 3.05) is 5.32 Å². The molecule has 21 heavy (non-hydrogen) atoms. The Kier molecular flexibility index (Phi) is 4.82. The first-order chi connectivity index (χ1) is 9.85. The van der Waals surface area contributed by atoms with Crippen LogP contribution in [-0.4, -0.2) is 11.4 Å². The van der Waals surface area contributed by atoms with E-state index in [0.717, 1.165) is 24.9 Å². The molecule has 3 unspecified atom stereocenters. The molecule has 1 aromatic rings. The Morgan fingerprint density at radius 2 is 1.95 bits per heavy atom. The number of carbonyl (C=O) groups is 1. The average molecular weight is 309 g/mol. The first kappa shape index (κ1) is 16.2. The molecule has 0 radical (unpaired) electrons. The monoisotopic (exact) mass is 308 g/mol. The SMILES string of the molecule is CC1CCC(C(C)C)C(Nc2ccc(Cl)cc2)(C(N)=O)C1. The summed E-state index contributed by atoms with van der Waals surface area (Å²) < 4.78 is 0. The van der Waals surface area contributed by atoms with Crippen LogP contribution >= 0.6 is 11.6 Å². The van der Waals surface area contributed by atoms with Gasteiger partial charge in [-0.05, 0) is 54.9 Å². The standard InChI is InChI=1S/C17H25ClN2O/c1-11(2)15-9-4-12(3)10-17(15,16(19)21)20-14-7-5-13(18)6-8-14/h5-8,11-12,15,20H,4,9-10H2,1-3H3,(H2,19,21). The molecule has 1 aromatic carbocycles. The Bertz CT molecular complexity index is 500. The van der Waals surface area contributed by atoms with Crippen LogP contribution in [0, 0.1) is 17.8 Å². The second-order valence-corrected chi connectivity index (χ2v) is 7.14. The quantitative estimate of drug-likeness (QED) is 0.881. The number of hydrogen-bond acceptors (Lipinski definition) is 2. The molecular formula is C17H25ClN2O. The molecule has 116 valence electrons. The third-order valence-corrected chi connectivity index (χ3v) is 4.98. The van der Waals surface area contributed by atoms with Gasteiger partial charge < -0.3 is 11.1 Å². The molecule has 1 amide bonds. The fourth-order valence-corrected chi connectivity index (χ4v) is 3.82. The van der Waals surface area contributed by atoms with Crippen LogP contribution < -0.4 is 11.1 Å². The summed E-state index contributed by atoms with van der Waals surface area (Å²) in [7, 11) is 0. The zero-order chi connectivity index (χ0) is 15.6. The highest BCUT2D eigenvalue weighted by Gasteiger charge is 2.48. The van der Waals surface area contributed by atoms with E-state index in [1.54, 1.807) is 0 Å². The predicted molar refractivity (Wildman–Crippen MR) is 88.3 cm³/mol. The Morgan fingerprint density at radius 1 is 1.33 bits per heavy atom. The normalized spacial score (nSPS) is 29.4. The van der Waals surface area contributed by atoms with Crippen molar-refractivity contribution in [1.82, 2.24) is 0 Å². The third kappa shape index (κ3) is 3.34. The molecule has 1 aliphatic rings. The summed E-state index contributed by atoms with van der Waals surface area (Å²) in [4.78, 5) is 12.3. The number of anilines is 1. The number of nitrogens with two attached hydrogens (primary N) is 1. The summed E-state index contributed by atoms with van der Waals surface area (Å²) in [5.74, 6) is 0.904. The van der Waals surface area contributed by atoms with Gasteiger partial charge in [0.1, 0.15) is 5.54 Å². The summed E-state index contributed by atoms with van der Waals surface area (Å²) in [6.07, 6.45) is 2.97. The van der Waals surface area contributed by atoms with Gasteiger partial charge in [0, 0.05) is 10.7 Å². The maximum atomic E-state index is 12.3. The Hall–Kier alpha value is -1.22. The van der Waals surface area contributed by atoms with Crippen molar-refractivity contribution in [2.45, 2.75) is 45.6 Å². The summed E-state index contributed by atoms with van der Waals surface area (Å²) in [6, 6.07) is 7.47. The number of rotatable bonds is 4. The lowest BCUT2D eigenvalue weighted by molar-refractivity contribution is -0.126. The molecule has 0 aliphatic heterocycles. The summed E-state index contributed by atoms with van der Waals surface area (Å²) in [5, 5.41) is 4.14. The average Bonchev–Trinajstić information content (AvgIpc) is 2.41. The van der Waals surface area contributed by atoms with Gasteiger partial charge >= 0.3 is 0 Å². The van der Waals surface area contributed by atoms with Crippen molar-refractivity contribution >= 4 is 23.2 Å². The molecule has 0 saturated heterocycles. The number of halogens is 1. The van der Waals surface area contributed by atoms with Crippen LogP contribution in [0.1, 0.15) is 40.0 Å². The van der Waals surface area contributed by atoms with Crippen LogP contribution in [0.4, 0.5) is 5.69 Å². The van der Waals surface area contributed by atoms with E-state index in [4.69, 9.17) is 17.3 Å². The minimum absolute atomic E-state index is 0.247. The Balaban J connectivity index is 2.36. The van der Waals surface area contributed by atoms with Crippen LogP contribution in [0.2, 0.25) is 5.02 Å². The van der Waals surface area contributed by atoms with Crippen molar-refractivity contribution in [3.63, 3.8) is 0 Å². The number of hydrogen-bond donors (Lipinski definition) is 2. The second kappa shape index (κ2) is 6.27. The summed E-state index contributed by atoms with van der Waals surface area (Å²) >= 11 is 5.93. The van der Waals surface area contributed by atoms with Crippen molar-refractivity contribution in [2.24, 2.45) is 23.5 Å². The van der Waals surface area contributed by atoms with Crippen LogP contribution in [0.25, 0.3) is 0 Å². The van der Waals surface area contributed by atoms with E-state index in [9.17, 15) is 4.79 Å². The second-order valence-electron chi connectivity index (χ2n) is 6.70. The van der Waals surface area contributed by atoms with E-state index in [2.05, 4.69) is 26.1 Å². The number of primary amides is 1. The lowest BCUT2D eigenvalue weighted by atomic mass is 9.64. The Morgan fingerprint density at radius 3 is 2.48 bits per heavy atom. The number of nitrogens with one attached hydrogen (secondary N) is 1. The summed E-state index contributed by atoms with van der Waals surface area (Å²) in [5.41, 5.74) is 6.08. The molecule has 1 aliphatic carbocycles. The maximum Gasteiger partial charge on any atom is 0.243 e. The first-order valence-corrected chi connectivity index (χ1v) is 8.06. The molecular weight excluding hydrogens is 284 g/mol. The molecule has 1 saturated carbocycles. The highest BCUT2D eigenvalue weighted by molar-refractivity contribution is 6.30. The van der Waals surface area contributed by atoms with Gasteiger partial charge in [0.15, 0.2) is 0 Å². The first-order valence-electron chi connectivity index (χ1n) is 7.69. The van der Waals surface area contributed by atoms with E-state index in [1.807, 2.05) is 24.3 Å². The molecule has 0 bridgehead atoms. The molecule has 3 nitrogen and oxygen atoms in total. The van der Waals surface area contributed by atoms with Gasteiger partial charge in [0.05, 0.1) is 0 Å². The molecule has 3 atom stereocenters. The Labute approximate surface area is 132 Å². The van der Waals surface area contributed by atoms with Crippen LogP contribution in [0.3, 0.4) is 0 Å². The largest absolute Gasteiger partial charge is 0.371 e. The van der Waals surface area contributed by atoms with Crippen molar-refractivity contribution in [3.8, 4) is 0 Å². The number of benzene rings is 1. The van der Waals surface area contributed by atoms with Crippen molar-refractivity contribution in [3.05, 3.63) is 29.3 Å². The van der Waals surface area contributed by atoms with E-state index in [-0.39, 0.29) is 11.8 Å². The number of carbonyl (C=O) groups excluding carboxylic acids is 1. The van der Waals surface area contributed by atoms with Crippen molar-refractivity contribution < 1.29 is 4.79 Å². The zero-order valence-corrected chi connectivity index (χ0v) is 13.8. The smallest absolute Gasteiger partial charge is 0.243 e. The fourth-order valence-electron chi connectivity index (χ4n) is 3.70. The molecule has 3 N–H and O–H groups in total. The van der Waals surface area contributed by atoms with Gasteiger partial charge in [-0.3, -0.25) is 4.79 Å². The maximum absolute atomic E-state index is 12.3. The molecule has 1 fully saturated rings. The van der Waals surface area contributed by atoms with Gasteiger partial charge in [0.25, 0.3) is 0 Å². The molecule has 2 rings (SSSR count). The van der Waals surface area contributed by atoms with Crippen LogP contribution in [-0.2, 0) is 4.79 Å². The van der Waals surface area contributed by atoms with Crippen LogP contribution in [0.5, 0.6) is 0 Å².